The number of aromatic nitrogens is 1. The fourth-order valence-electron chi connectivity index (χ4n) is 3.80. The number of carboxylic acid groups (broad SMARTS) is 1. The van der Waals surface area contributed by atoms with Crippen molar-refractivity contribution in [1.29, 1.82) is 0 Å². The van der Waals surface area contributed by atoms with Crippen molar-refractivity contribution < 1.29 is 14.7 Å². The van der Waals surface area contributed by atoms with Crippen molar-refractivity contribution >= 4 is 23.2 Å². The smallest absolute Gasteiger partial charge is 0.306 e. The Balaban J connectivity index is 1.68. The Morgan fingerprint density at radius 3 is 2.48 bits per heavy atom. The van der Waals surface area contributed by atoms with E-state index in [1.54, 1.807) is 11.3 Å². The largest absolute Gasteiger partial charge is 0.481 e. The molecule has 0 aromatic carbocycles. The first-order valence-corrected chi connectivity index (χ1v) is 9.39. The fraction of sp³-hybridized carbons (Fsp3) is 0.706. The van der Waals surface area contributed by atoms with Crippen LogP contribution in [0.25, 0.3) is 0 Å². The molecule has 0 radical (unpaired) electrons. The van der Waals surface area contributed by atoms with Crippen LogP contribution in [0.5, 0.6) is 0 Å². The molecule has 2 fully saturated rings. The normalized spacial score (nSPS) is 28.6. The number of rotatable bonds is 3. The first kappa shape index (κ1) is 16.4. The van der Waals surface area contributed by atoms with Crippen LogP contribution in [-0.4, -0.2) is 33.4 Å². The van der Waals surface area contributed by atoms with Crippen LogP contribution >= 0.6 is 11.3 Å². The number of thiazole rings is 1. The summed E-state index contributed by atoms with van der Waals surface area (Å²) in [5.41, 5.74) is 1.02. The molecule has 6 heteroatoms. The molecular formula is C17H24N2O3S. The summed E-state index contributed by atoms with van der Waals surface area (Å²) >= 11 is 1.65. The van der Waals surface area contributed by atoms with Crippen LogP contribution < -0.4 is 0 Å². The fourth-order valence-corrected chi connectivity index (χ4v) is 4.74. The monoisotopic (exact) mass is 336 g/mol. The van der Waals surface area contributed by atoms with E-state index in [1.165, 1.54) is 0 Å². The van der Waals surface area contributed by atoms with Gasteiger partial charge in [0.25, 0.3) is 0 Å². The van der Waals surface area contributed by atoms with Crippen LogP contribution in [0.3, 0.4) is 0 Å². The first-order chi connectivity index (χ1) is 11.1. The van der Waals surface area contributed by atoms with Gasteiger partial charge in [0.1, 0.15) is 5.01 Å². The van der Waals surface area contributed by atoms with Crippen LogP contribution in [0.1, 0.15) is 61.7 Å². The molecule has 1 amide bonds. The van der Waals surface area contributed by atoms with Crippen molar-refractivity contribution in [3.8, 4) is 0 Å². The second kappa shape index (κ2) is 6.99. The third-order valence-corrected chi connectivity index (χ3v) is 6.20. The Labute approximate surface area is 140 Å². The Hall–Kier alpha value is -1.43. The molecule has 5 nitrogen and oxygen atoms in total. The van der Waals surface area contributed by atoms with Gasteiger partial charge in [-0.3, -0.25) is 9.59 Å². The van der Waals surface area contributed by atoms with E-state index in [9.17, 15) is 9.59 Å². The summed E-state index contributed by atoms with van der Waals surface area (Å²) in [5.74, 6) is -0.776. The molecule has 1 unspecified atom stereocenters. The summed E-state index contributed by atoms with van der Waals surface area (Å²) in [6.45, 7) is 2.79. The standard InChI is InChI=1S/C17H24N2O3S/c1-11-10-23-15(18-11)14-4-2-3-9-19(14)16(20)12-5-7-13(8-6-12)17(21)22/h10,12-14H,2-9H2,1H3,(H,21,22). The zero-order chi connectivity index (χ0) is 16.4. The quantitative estimate of drug-likeness (QED) is 0.918. The highest BCUT2D eigenvalue weighted by Gasteiger charge is 2.36. The van der Waals surface area contributed by atoms with Crippen molar-refractivity contribution in [1.82, 2.24) is 9.88 Å². The Bertz CT molecular complexity index is 578. The van der Waals surface area contributed by atoms with Crippen LogP contribution in [-0.2, 0) is 9.59 Å². The van der Waals surface area contributed by atoms with E-state index in [0.29, 0.717) is 25.7 Å². The van der Waals surface area contributed by atoms with Gasteiger partial charge in [0.2, 0.25) is 5.91 Å². The molecule has 2 aliphatic rings. The lowest BCUT2D eigenvalue weighted by Gasteiger charge is -2.38. The number of aliphatic carboxylic acids is 1. The molecule has 126 valence electrons. The number of piperidine rings is 1. The number of hydrogen-bond donors (Lipinski definition) is 1. The number of nitrogens with zero attached hydrogens (tertiary/aromatic N) is 2. The zero-order valence-electron chi connectivity index (χ0n) is 13.5. The van der Waals surface area contributed by atoms with Gasteiger partial charge >= 0.3 is 5.97 Å². The number of carbonyl (C=O) groups is 2. The number of carbonyl (C=O) groups excluding carboxylic acids is 1. The number of aryl methyl sites for hydroxylation is 1. The highest BCUT2D eigenvalue weighted by atomic mass is 32.1. The maximum Gasteiger partial charge on any atom is 0.306 e. The van der Waals surface area contributed by atoms with Gasteiger partial charge in [0.05, 0.1) is 12.0 Å². The SMILES string of the molecule is Cc1csc(C2CCCCN2C(=O)C2CCC(C(=O)O)CC2)n1. The van der Waals surface area contributed by atoms with Gasteiger partial charge in [0.15, 0.2) is 0 Å². The Morgan fingerprint density at radius 2 is 1.87 bits per heavy atom. The minimum absolute atomic E-state index is 0.00717. The third-order valence-electron chi connectivity index (χ3n) is 5.13. The summed E-state index contributed by atoms with van der Waals surface area (Å²) in [5, 5.41) is 12.2. The van der Waals surface area contributed by atoms with Crippen molar-refractivity contribution in [2.75, 3.05) is 6.54 Å². The lowest BCUT2D eigenvalue weighted by Crippen LogP contribution is -2.43. The average molecular weight is 336 g/mol. The summed E-state index contributed by atoms with van der Waals surface area (Å²) < 4.78 is 0. The van der Waals surface area contributed by atoms with Crippen LogP contribution in [0, 0.1) is 18.8 Å². The van der Waals surface area contributed by atoms with Crippen molar-refractivity contribution in [3.05, 3.63) is 16.1 Å². The lowest BCUT2D eigenvalue weighted by molar-refractivity contribution is -0.147. The van der Waals surface area contributed by atoms with Gasteiger partial charge in [-0.2, -0.15) is 0 Å². The second-order valence-electron chi connectivity index (χ2n) is 6.76. The molecule has 1 aliphatic carbocycles. The Morgan fingerprint density at radius 1 is 1.17 bits per heavy atom. The minimum Gasteiger partial charge on any atom is -0.481 e. The highest BCUT2D eigenvalue weighted by Crippen LogP contribution is 2.37. The van der Waals surface area contributed by atoms with E-state index in [0.717, 1.165) is 36.5 Å². The van der Waals surface area contributed by atoms with Gasteiger partial charge in [-0.25, -0.2) is 4.98 Å². The molecular weight excluding hydrogens is 312 g/mol. The molecule has 1 saturated heterocycles. The van der Waals surface area contributed by atoms with E-state index in [2.05, 4.69) is 4.98 Å². The van der Waals surface area contributed by atoms with Gasteiger partial charge in [-0.1, -0.05) is 0 Å². The number of carboxylic acids is 1. The molecule has 1 aliphatic heterocycles. The molecule has 0 bridgehead atoms. The average Bonchev–Trinajstić information content (AvgIpc) is 3.00. The van der Waals surface area contributed by atoms with Crippen LogP contribution in [0.4, 0.5) is 0 Å². The zero-order valence-corrected chi connectivity index (χ0v) is 14.3. The van der Waals surface area contributed by atoms with Gasteiger partial charge in [0, 0.05) is 23.5 Å². The number of amides is 1. The second-order valence-corrected chi connectivity index (χ2v) is 7.65. The molecule has 1 N–H and O–H groups in total. The molecule has 1 aromatic rings. The van der Waals surface area contributed by atoms with Crippen LogP contribution in [0.15, 0.2) is 5.38 Å². The lowest BCUT2D eigenvalue weighted by atomic mass is 9.81. The van der Waals surface area contributed by atoms with Crippen molar-refractivity contribution in [2.24, 2.45) is 11.8 Å². The molecule has 1 aromatic heterocycles. The van der Waals surface area contributed by atoms with Crippen LogP contribution in [0.2, 0.25) is 0 Å². The molecule has 0 spiro atoms. The number of likely N-dealkylation sites (tertiary alicyclic amines) is 1. The maximum absolute atomic E-state index is 13.0. The van der Waals surface area contributed by atoms with E-state index in [1.807, 2.05) is 17.2 Å². The predicted octanol–water partition coefficient (Wildman–Crippen LogP) is 3.40. The molecule has 2 heterocycles. The maximum atomic E-state index is 13.0. The van der Waals surface area contributed by atoms with Gasteiger partial charge in [-0.15, -0.1) is 11.3 Å². The van der Waals surface area contributed by atoms with E-state index < -0.39 is 5.97 Å². The minimum atomic E-state index is -0.718. The molecule has 3 rings (SSSR count). The highest BCUT2D eigenvalue weighted by molar-refractivity contribution is 7.09. The topological polar surface area (TPSA) is 70.5 Å². The van der Waals surface area contributed by atoms with E-state index in [4.69, 9.17) is 5.11 Å². The predicted molar refractivity (Wildman–Crippen MR) is 88.2 cm³/mol. The van der Waals surface area contributed by atoms with Gasteiger partial charge in [-0.05, 0) is 51.9 Å². The summed E-state index contributed by atoms with van der Waals surface area (Å²) in [6, 6.07) is 0.118. The van der Waals surface area contributed by atoms with Gasteiger partial charge < -0.3 is 10.0 Å². The molecule has 23 heavy (non-hydrogen) atoms. The third kappa shape index (κ3) is 3.57. The molecule has 1 atom stereocenters. The summed E-state index contributed by atoms with van der Waals surface area (Å²) in [6.07, 6.45) is 5.84. The van der Waals surface area contributed by atoms with Crippen molar-refractivity contribution in [3.63, 3.8) is 0 Å². The molecule has 1 saturated carbocycles. The van der Waals surface area contributed by atoms with E-state index >= 15 is 0 Å². The Kier molecular flexibility index (Phi) is 4.99. The van der Waals surface area contributed by atoms with Crippen molar-refractivity contribution in [2.45, 2.75) is 57.9 Å². The number of hydrogen-bond acceptors (Lipinski definition) is 4. The first-order valence-electron chi connectivity index (χ1n) is 8.51. The van der Waals surface area contributed by atoms with E-state index in [-0.39, 0.29) is 23.8 Å². The summed E-state index contributed by atoms with van der Waals surface area (Å²) in [4.78, 5) is 30.7. The summed E-state index contributed by atoms with van der Waals surface area (Å²) in [7, 11) is 0.